The number of nitrogens with zero attached hydrogens (tertiary/aromatic N) is 2. The molecule has 0 spiro atoms. The lowest BCUT2D eigenvalue weighted by molar-refractivity contribution is -0.192. The molecule has 1 aromatic heterocycles. The Morgan fingerprint density at radius 2 is 1.83 bits per heavy atom. The van der Waals surface area contributed by atoms with E-state index in [4.69, 9.17) is 9.90 Å². The highest BCUT2D eigenvalue weighted by molar-refractivity contribution is 5.95. The van der Waals surface area contributed by atoms with Crippen molar-refractivity contribution in [2.45, 2.75) is 69.8 Å². The number of likely N-dealkylation sites (N-methyl/N-ethyl adjacent to an activating group) is 1. The number of alkyl halides is 3. The van der Waals surface area contributed by atoms with Crippen molar-refractivity contribution in [2.24, 2.45) is 0 Å². The molecule has 3 aliphatic rings. The SMILES string of the molecule is CCN[C@H]1CC2CCCc3c(c(F)cc4c(=O)c(C(=O)O)cn(C5CC5)c34)N2C1.O=C(O)C(F)(F)F. The largest absolute Gasteiger partial charge is 0.490 e. The molecule has 0 amide bonds. The Morgan fingerprint density at radius 3 is 2.39 bits per heavy atom. The topological polar surface area (TPSA) is 112 Å². The van der Waals surface area contributed by atoms with Crippen LogP contribution in [0.2, 0.25) is 0 Å². The van der Waals surface area contributed by atoms with E-state index in [1.165, 1.54) is 12.3 Å². The highest BCUT2D eigenvalue weighted by atomic mass is 19.4. The van der Waals surface area contributed by atoms with Gasteiger partial charge in [-0.1, -0.05) is 6.92 Å². The molecule has 8 nitrogen and oxygen atoms in total. The fourth-order valence-electron chi connectivity index (χ4n) is 5.31. The molecule has 1 unspecified atom stereocenters. The molecular formula is C24H27F4N3O5. The summed E-state index contributed by atoms with van der Waals surface area (Å²) in [6, 6.07) is 2.11. The predicted octanol–water partition coefficient (Wildman–Crippen LogP) is 3.70. The van der Waals surface area contributed by atoms with E-state index in [0.717, 1.165) is 56.3 Å². The number of carboxylic acids is 2. The van der Waals surface area contributed by atoms with Crippen molar-refractivity contribution in [1.82, 2.24) is 9.88 Å². The van der Waals surface area contributed by atoms with Gasteiger partial charge in [-0.3, -0.25) is 4.79 Å². The number of hydrogen-bond donors (Lipinski definition) is 3. The van der Waals surface area contributed by atoms with Gasteiger partial charge in [0.1, 0.15) is 11.4 Å². The summed E-state index contributed by atoms with van der Waals surface area (Å²) in [7, 11) is 0. The number of fused-ring (bicyclic) bond motifs is 5. The molecule has 2 aliphatic heterocycles. The summed E-state index contributed by atoms with van der Waals surface area (Å²) in [4.78, 5) is 35.6. The van der Waals surface area contributed by atoms with Crippen LogP contribution in [0, 0.1) is 5.82 Å². The van der Waals surface area contributed by atoms with Gasteiger partial charge in [-0.2, -0.15) is 13.2 Å². The zero-order valence-corrected chi connectivity index (χ0v) is 19.6. The quantitative estimate of drug-likeness (QED) is 0.535. The number of halogens is 4. The monoisotopic (exact) mass is 513 g/mol. The summed E-state index contributed by atoms with van der Waals surface area (Å²) in [5.41, 5.74) is 1.38. The summed E-state index contributed by atoms with van der Waals surface area (Å²) >= 11 is 0. The minimum Gasteiger partial charge on any atom is -0.477 e. The van der Waals surface area contributed by atoms with Crippen LogP contribution in [-0.2, 0) is 11.2 Å². The van der Waals surface area contributed by atoms with Gasteiger partial charge in [0.2, 0.25) is 5.43 Å². The second kappa shape index (κ2) is 9.72. The van der Waals surface area contributed by atoms with Crippen LogP contribution in [0.1, 0.15) is 61.0 Å². The second-order valence-corrected chi connectivity index (χ2v) is 9.39. The van der Waals surface area contributed by atoms with Gasteiger partial charge in [0.05, 0.1) is 11.2 Å². The van der Waals surface area contributed by atoms with E-state index in [2.05, 4.69) is 17.1 Å². The van der Waals surface area contributed by atoms with E-state index < -0.39 is 29.4 Å². The molecule has 3 N–H and O–H groups in total. The number of rotatable bonds is 4. The van der Waals surface area contributed by atoms with Gasteiger partial charge in [-0.05, 0) is 51.1 Å². The number of aliphatic carboxylic acids is 1. The second-order valence-electron chi connectivity index (χ2n) is 9.39. The molecule has 12 heteroatoms. The van der Waals surface area contributed by atoms with E-state index in [1.807, 2.05) is 4.57 Å². The van der Waals surface area contributed by atoms with Gasteiger partial charge >= 0.3 is 18.1 Å². The van der Waals surface area contributed by atoms with Crippen LogP contribution in [0.25, 0.3) is 10.9 Å². The summed E-state index contributed by atoms with van der Waals surface area (Å²) in [5.74, 6) is -4.42. The van der Waals surface area contributed by atoms with Crippen LogP contribution in [-0.4, -0.2) is 58.1 Å². The minimum absolute atomic E-state index is 0.192. The average molecular weight is 513 g/mol. The lowest BCUT2D eigenvalue weighted by Gasteiger charge is -2.28. The van der Waals surface area contributed by atoms with Gasteiger partial charge in [0.15, 0.2) is 0 Å². The number of aromatic carboxylic acids is 1. The minimum atomic E-state index is -5.08. The van der Waals surface area contributed by atoms with E-state index in [0.29, 0.717) is 24.2 Å². The smallest absolute Gasteiger partial charge is 0.477 e. The lowest BCUT2D eigenvalue weighted by Crippen LogP contribution is -2.34. The molecule has 2 atom stereocenters. The first-order chi connectivity index (χ1) is 16.9. The Labute approximate surface area is 203 Å². The number of carbonyl (C=O) groups is 2. The van der Waals surface area contributed by atoms with E-state index in [-0.39, 0.29) is 17.0 Å². The highest BCUT2D eigenvalue weighted by Gasteiger charge is 2.39. The number of pyridine rings is 1. The van der Waals surface area contributed by atoms with E-state index >= 15 is 4.39 Å². The maximum Gasteiger partial charge on any atom is 0.490 e. The van der Waals surface area contributed by atoms with Crippen LogP contribution in [0.5, 0.6) is 0 Å². The van der Waals surface area contributed by atoms with Gasteiger partial charge in [0, 0.05) is 41.8 Å². The average Bonchev–Trinajstić information content (AvgIpc) is 3.58. The normalized spacial score (nSPS) is 21.3. The molecule has 196 valence electrons. The number of hydrogen-bond acceptors (Lipinski definition) is 5. The molecule has 0 bridgehead atoms. The van der Waals surface area contributed by atoms with Crippen LogP contribution < -0.4 is 15.6 Å². The molecule has 1 aliphatic carbocycles. The van der Waals surface area contributed by atoms with Gasteiger partial charge in [-0.15, -0.1) is 0 Å². The molecule has 1 aromatic carbocycles. The van der Waals surface area contributed by atoms with Crippen LogP contribution in [0.3, 0.4) is 0 Å². The van der Waals surface area contributed by atoms with Crippen LogP contribution >= 0.6 is 0 Å². The molecular weight excluding hydrogens is 486 g/mol. The van der Waals surface area contributed by atoms with Crippen LogP contribution in [0.15, 0.2) is 17.1 Å². The van der Waals surface area contributed by atoms with Crippen molar-refractivity contribution in [3.63, 3.8) is 0 Å². The summed E-state index contributed by atoms with van der Waals surface area (Å²) in [6.45, 7) is 3.73. The molecule has 2 aromatic rings. The molecule has 1 saturated carbocycles. The first kappa shape index (κ1) is 25.9. The number of carboxylic acid groups (broad SMARTS) is 2. The molecule has 3 heterocycles. The Kier molecular flexibility index (Phi) is 7.00. The number of aryl methyl sites for hydroxylation is 1. The number of benzene rings is 1. The Balaban J connectivity index is 0.000000384. The lowest BCUT2D eigenvalue weighted by atomic mass is 9.99. The summed E-state index contributed by atoms with van der Waals surface area (Å²) in [5, 5.41) is 20.3. The van der Waals surface area contributed by atoms with Gasteiger partial charge in [0.25, 0.3) is 0 Å². The van der Waals surface area contributed by atoms with Crippen molar-refractivity contribution >= 4 is 28.5 Å². The Morgan fingerprint density at radius 1 is 1.17 bits per heavy atom. The van der Waals surface area contributed by atoms with Crippen molar-refractivity contribution in [3.05, 3.63) is 39.4 Å². The number of aromatic nitrogens is 1. The maximum absolute atomic E-state index is 15.4. The number of nitrogens with one attached hydrogen (secondary N) is 1. The van der Waals surface area contributed by atoms with Crippen LogP contribution in [0.4, 0.5) is 23.2 Å². The van der Waals surface area contributed by atoms with Gasteiger partial charge in [-0.25, -0.2) is 14.0 Å². The van der Waals surface area contributed by atoms with Crippen molar-refractivity contribution in [3.8, 4) is 0 Å². The summed E-state index contributed by atoms with van der Waals surface area (Å²) < 4.78 is 49.1. The van der Waals surface area contributed by atoms with Gasteiger partial charge < -0.3 is 25.0 Å². The molecule has 5 rings (SSSR count). The summed E-state index contributed by atoms with van der Waals surface area (Å²) in [6.07, 6.45) is 1.95. The molecule has 2 fully saturated rings. The third-order valence-corrected chi connectivity index (χ3v) is 6.91. The fraction of sp³-hybridized carbons (Fsp3) is 0.542. The molecule has 36 heavy (non-hydrogen) atoms. The van der Waals surface area contributed by atoms with E-state index in [1.54, 1.807) is 0 Å². The molecule has 1 saturated heterocycles. The highest BCUT2D eigenvalue weighted by Crippen LogP contribution is 2.43. The van der Waals surface area contributed by atoms with Crippen molar-refractivity contribution in [2.75, 3.05) is 18.0 Å². The third kappa shape index (κ3) is 4.91. The van der Waals surface area contributed by atoms with Crippen molar-refractivity contribution in [1.29, 1.82) is 0 Å². The van der Waals surface area contributed by atoms with E-state index in [9.17, 15) is 27.9 Å². The third-order valence-electron chi connectivity index (χ3n) is 6.91. The standard InChI is InChI=1S/C22H26FN3O3.C2HF3O2/c1-2-24-12-8-14-4-3-5-15-19-16(9-18(23)20(15)25(14)10-12)21(27)17(22(28)29)11-26(19)13-6-7-13;3-2(4,5)1(6)7/h9,11-14,24H,2-8,10H2,1H3,(H,28,29);(H,6,7)/t12-,14?;/m0./s1. The Hall–Kier alpha value is -3.15. The number of anilines is 1. The Bertz CT molecular complexity index is 1260. The maximum atomic E-state index is 15.4. The van der Waals surface area contributed by atoms with Crippen molar-refractivity contribution < 1.29 is 37.4 Å². The first-order valence-corrected chi connectivity index (χ1v) is 11.9. The first-order valence-electron chi connectivity index (χ1n) is 11.9. The zero-order chi connectivity index (χ0) is 26.4. The zero-order valence-electron chi connectivity index (χ0n) is 19.6. The predicted molar refractivity (Wildman–Crippen MR) is 123 cm³/mol. The fourth-order valence-corrected chi connectivity index (χ4v) is 5.31. The molecule has 0 radical (unpaired) electrons.